The van der Waals surface area contributed by atoms with Crippen molar-refractivity contribution in [3.8, 4) is 17.0 Å². The molecular weight excluding hydrogens is 324 g/mol. The number of ether oxygens (including phenoxy) is 1. The van der Waals surface area contributed by atoms with Gasteiger partial charge in [-0.2, -0.15) is 0 Å². The lowest BCUT2D eigenvalue weighted by Gasteiger charge is -2.08. The molecular formula is C18H18N2O3S. The molecule has 0 aliphatic heterocycles. The fourth-order valence-corrected chi connectivity index (χ4v) is 3.23. The van der Waals surface area contributed by atoms with E-state index in [2.05, 4.69) is 17.4 Å². The van der Waals surface area contributed by atoms with Crippen molar-refractivity contribution in [3.63, 3.8) is 0 Å². The van der Waals surface area contributed by atoms with E-state index in [0.29, 0.717) is 5.69 Å². The largest absolute Gasteiger partial charge is 0.497 e. The maximum atomic E-state index is 11.3. The van der Waals surface area contributed by atoms with Gasteiger partial charge in [0.05, 0.1) is 24.6 Å². The molecule has 3 rings (SSSR count). The molecule has 0 aliphatic carbocycles. The zero-order chi connectivity index (χ0) is 17.3. The second-order valence-corrected chi connectivity index (χ2v) is 7.21. The van der Waals surface area contributed by atoms with Crippen LogP contribution in [-0.4, -0.2) is 26.4 Å². The summed E-state index contributed by atoms with van der Waals surface area (Å²) in [5.41, 5.74) is 3.46. The maximum Gasteiger partial charge on any atom is 0.229 e. The van der Waals surface area contributed by atoms with Crippen LogP contribution in [0.1, 0.15) is 0 Å². The van der Waals surface area contributed by atoms with E-state index in [1.54, 1.807) is 25.4 Å². The van der Waals surface area contributed by atoms with Crippen molar-refractivity contribution < 1.29 is 13.2 Å². The van der Waals surface area contributed by atoms with Gasteiger partial charge in [0.2, 0.25) is 10.0 Å². The molecule has 0 spiro atoms. The van der Waals surface area contributed by atoms with E-state index in [0.717, 1.165) is 34.2 Å². The number of sulfonamides is 1. The van der Waals surface area contributed by atoms with Crippen LogP contribution in [0.4, 0.5) is 5.69 Å². The first kappa shape index (κ1) is 16.1. The third kappa shape index (κ3) is 3.14. The van der Waals surface area contributed by atoms with Gasteiger partial charge in [0.15, 0.2) is 0 Å². The Kier molecular flexibility index (Phi) is 4.07. The Balaban J connectivity index is 2.07. The Hall–Kier alpha value is -2.73. The van der Waals surface area contributed by atoms with Gasteiger partial charge >= 0.3 is 0 Å². The fourth-order valence-electron chi connectivity index (χ4n) is 2.67. The monoisotopic (exact) mass is 342 g/mol. The second kappa shape index (κ2) is 6.05. The quantitative estimate of drug-likeness (QED) is 0.767. The summed E-state index contributed by atoms with van der Waals surface area (Å²) in [4.78, 5) is 0. The van der Waals surface area contributed by atoms with Gasteiger partial charge in [0.25, 0.3) is 0 Å². The van der Waals surface area contributed by atoms with Crippen LogP contribution in [0, 0.1) is 0 Å². The summed E-state index contributed by atoms with van der Waals surface area (Å²) in [6.45, 7) is 3.89. The molecule has 2 aromatic carbocycles. The summed E-state index contributed by atoms with van der Waals surface area (Å²) in [5, 5.41) is 1.07. The summed E-state index contributed by atoms with van der Waals surface area (Å²) < 4.78 is 32.3. The van der Waals surface area contributed by atoms with E-state index in [1.807, 2.05) is 34.9 Å². The van der Waals surface area contributed by atoms with Crippen molar-refractivity contribution in [2.75, 3.05) is 18.1 Å². The van der Waals surface area contributed by atoms with Crippen LogP contribution < -0.4 is 9.46 Å². The Morgan fingerprint density at radius 1 is 1.12 bits per heavy atom. The van der Waals surface area contributed by atoms with Crippen molar-refractivity contribution >= 4 is 32.8 Å². The summed E-state index contributed by atoms with van der Waals surface area (Å²) >= 11 is 0. The topological polar surface area (TPSA) is 60.3 Å². The van der Waals surface area contributed by atoms with Crippen LogP contribution in [0.5, 0.6) is 5.75 Å². The molecule has 5 nitrogen and oxygen atoms in total. The molecule has 0 aliphatic rings. The Bertz CT molecular complexity index is 1000. The molecule has 0 unspecified atom stereocenters. The summed E-state index contributed by atoms with van der Waals surface area (Å²) in [7, 11) is -1.65. The molecule has 0 radical (unpaired) electrons. The van der Waals surface area contributed by atoms with Crippen LogP contribution in [0.3, 0.4) is 0 Å². The van der Waals surface area contributed by atoms with E-state index >= 15 is 0 Å². The second-order valence-electron chi connectivity index (χ2n) is 5.46. The lowest BCUT2D eigenvalue weighted by molar-refractivity contribution is 0.415. The third-order valence-corrected chi connectivity index (χ3v) is 4.32. The van der Waals surface area contributed by atoms with E-state index in [9.17, 15) is 8.42 Å². The van der Waals surface area contributed by atoms with Gasteiger partial charge in [0.1, 0.15) is 5.75 Å². The Morgan fingerprint density at radius 3 is 2.42 bits per heavy atom. The molecule has 124 valence electrons. The van der Waals surface area contributed by atoms with Gasteiger partial charge in [-0.15, -0.1) is 0 Å². The molecule has 1 N–H and O–H groups in total. The number of benzene rings is 2. The third-order valence-electron chi connectivity index (χ3n) is 3.72. The minimum absolute atomic E-state index is 0.532. The molecule has 0 amide bonds. The van der Waals surface area contributed by atoms with Gasteiger partial charge in [-0.25, -0.2) is 8.42 Å². The smallest absolute Gasteiger partial charge is 0.229 e. The van der Waals surface area contributed by atoms with Crippen molar-refractivity contribution in [2.24, 2.45) is 0 Å². The highest BCUT2D eigenvalue weighted by Crippen LogP contribution is 2.31. The number of hydrogen-bond donors (Lipinski definition) is 1. The van der Waals surface area contributed by atoms with Gasteiger partial charge in [0, 0.05) is 23.3 Å². The average Bonchev–Trinajstić information content (AvgIpc) is 2.91. The molecule has 0 bridgehead atoms. The van der Waals surface area contributed by atoms with Crippen molar-refractivity contribution in [1.82, 2.24) is 4.57 Å². The van der Waals surface area contributed by atoms with E-state index in [4.69, 9.17) is 4.74 Å². The van der Waals surface area contributed by atoms with Crippen LogP contribution >= 0.6 is 0 Å². The predicted octanol–water partition coefficient (Wildman–Crippen LogP) is 3.79. The first-order valence-corrected chi connectivity index (χ1v) is 9.20. The number of aromatic nitrogens is 1. The van der Waals surface area contributed by atoms with E-state index < -0.39 is 10.0 Å². The zero-order valence-electron chi connectivity index (χ0n) is 13.5. The number of nitrogens with zero attached hydrogens (tertiary/aromatic N) is 1. The van der Waals surface area contributed by atoms with Crippen molar-refractivity contribution in [1.29, 1.82) is 0 Å². The van der Waals surface area contributed by atoms with Crippen molar-refractivity contribution in [2.45, 2.75) is 0 Å². The fraction of sp³-hybridized carbons (Fsp3) is 0.111. The molecule has 24 heavy (non-hydrogen) atoms. The highest BCUT2D eigenvalue weighted by atomic mass is 32.2. The van der Waals surface area contributed by atoms with Crippen LogP contribution in [-0.2, 0) is 10.0 Å². The predicted molar refractivity (Wildman–Crippen MR) is 98.8 cm³/mol. The first-order valence-electron chi connectivity index (χ1n) is 7.31. The minimum atomic E-state index is -3.28. The Labute approximate surface area is 141 Å². The highest BCUT2D eigenvalue weighted by molar-refractivity contribution is 7.92. The molecule has 1 aromatic heterocycles. The lowest BCUT2D eigenvalue weighted by Crippen LogP contribution is -2.09. The number of nitrogens with one attached hydrogen (secondary N) is 1. The summed E-state index contributed by atoms with van der Waals surface area (Å²) in [6.07, 6.45) is 2.88. The van der Waals surface area contributed by atoms with Crippen LogP contribution in [0.15, 0.2) is 55.1 Å². The minimum Gasteiger partial charge on any atom is -0.497 e. The molecule has 0 saturated heterocycles. The van der Waals surface area contributed by atoms with Crippen LogP contribution in [0.25, 0.3) is 28.4 Å². The Morgan fingerprint density at radius 2 is 1.83 bits per heavy atom. The number of methoxy groups -OCH3 is 1. The van der Waals surface area contributed by atoms with Gasteiger partial charge in [-0.1, -0.05) is 18.7 Å². The van der Waals surface area contributed by atoms with Gasteiger partial charge in [-0.3, -0.25) is 4.72 Å². The molecule has 0 saturated carbocycles. The maximum absolute atomic E-state index is 11.3. The molecule has 1 heterocycles. The van der Waals surface area contributed by atoms with E-state index in [-0.39, 0.29) is 0 Å². The van der Waals surface area contributed by atoms with Gasteiger partial charge in [-0.05, 0) is 35.9 Å². The molecule has 0 fully saturated rings. The summed E-state index contributed by atoms with van der Waals surface area (Å²) in [6, 6.07) is 15.2. The lowest BCUT2D eigenvalue weighted by atomic mass is 10.1. The number of hydrogen-bond acceptors (Lipinski definition) is 3. The van der Waals surface area contributed by atoms with Gasteiger partial charge < -0.3 is 9.30 Å². The molecule has 6 heteroatoms. The first-order chi connectivity index (χ1) is 11.4. The van der Waals surface area contributed by atoms with E-state index in [1.165, 1.54) is 0 Å². The van der Waals surface area contributed by atoms with Crippen LogP contribution in [0.2, 0.25) is 0 Å². The number of anilines is 1. The molecule has 0 atom stereocenters. The highest BCUT2D eigenvalue weighted by Gasteiger charge is 2.10. The number of rotatable bonds is 5. The summed E-state index contributed by atoms with van der Waals surface area (Å²) in [5.74, 6) is 0.781. The average molecular weight is 342 g/mol. The number of fused-ring (bicyclic) bond motifs is 1. The standard InChI is InChI=1S/C18H18N2O3S/c1-4-20-17(11-14-7-10-16(23-2)12-18(14)20)13-5-8-15(9-6-13)19-24(3,21)22/h4-12,19H,1H2,2-3H3. The normalized spacial score (nSPS) is 11.4. The SMILES string of the molecule is C=Cn1c(-c2ccc(NS(C)(=O)=O)cc2)cc2ccc(OC)cc21. The van der Waals surface area contributed by atoms with Crippen molar-refractivity contribution in [3.05, 3.63) is 55.1 Å². The zero-order valence-corrected chi connectivity index (χ0v) is 14.3. The molecule has 3 aromatic rings.